The van der Waals surface area contributed by atoms with E-state index in [0.717, 1.165) is 24.4 Å². The molecule has 0 unspecified atom stereocenters. The Morgan fingerprint density at radius 3 is 2.24 bits per heavy atom. The van der Waals surface area contributed by atoms with Crippen LogP contribution in [0.4, 0.5) is 5.82 Å². The quantitative estimate of drug-likeness (QED) is 0.623. The highest BCUT2D eigenvalue weighted by Gasteiger charge is 2.20. The summed E-state index contributed by atoms with van der Waals surface area (Å²) in [5.41, 5.74) is 3.67. The average molecular weight is 236 g/mol. The van der Waals surface area contributed by atoms with Crippen LogP contribution in [0.2, 0.25) is 0 Å². The minimum Gasteiger partial charge on any atom is -0.308 e. The number of hydrazine groups is 1. The van der Waals surface area contributed by atoms with Gasteiger partial charge in [-0.05, 0) is 12.8 Å². The summed E-state index contributed by atoms with van der Waals surface area (Å²) in [4.78, 5) is 9.15. The van der Waals surface area contributed by atoms with Crippen molar-refractivity contribution in [2.24, 2.45) is 5.84 Å². The zero-order chi connectivity index (χ0) is 13.1. The molecular weight excluding hydrogens is 212 g/mol. The number of anilines is 1. The fourth-order valence-corrected chi connectivity index (χ4v) is 1.76. The molecule has 0 radical (unpaired) electrons. The first-order chi connectivity index (χ1) is 7.92. The molecule has 0 amide bonds. The van der Waals surface area contributed by atoms with Crippen molar-refractivity contribution in [3.8, 4) is 0 Å². The molecule has 96 valence electrons. The molecule has 0 atom stereocenters. The Labute approximate surface area is 104 Å². The van der Waals surface area contributed by atoms with Crippen LogP contribution in [-0.2, 0) is 5.41 Å². The molecule has 3 N–H and O–H groups in total. The lowest BCUT2D eigenvalue weighted by Gasteiger charge is -2.21. The molecule has 1 heterocycles. The predicted octanol–water partition coefficient (Wildman–Crippen LogP) is 2.96. The average Bonchev–Trinajstić information content (AvgIpc) is 2.29. The summed E-state index contributed by atoms with van der Waals surface area (Å²) in [5.74, 6) is 7.48. The van der Waals surface area contributed by atoms with Crippen LogP contribution in [0.3, 0.4) is 0 Å². The number of hydrogen-bond donors (Lipinski definition) is 2. The molecule has 0 aliphatic heterocycles. The molecule has 17 heavy (non-hydrogen) atoms. The Morgan fingerprint density at radius 2 is 1.82 bits per heavy atom. The van der Waals surface area contributed by atoms with Crippen molar-refractivity contribution in [2.75, 3.05) is 5.43 Å². The molecule has 0 aliphatic rings. The third-order valence-corrected chi connectivity index (χ3v) is 3.01. The lowest BCUT2D eigenvalue weighted by molar-refractivity contribution is 0.542. The number of aromatic nitrogens is 2. The molecule has 4 nitrogen and oxygen atoms in total. The second-order valence-corrected chi connectivity index (χ2v) is 5.40. The molecule has 1 rings (SSSR count). The Bertz CT molecular complexity index is 364. The van der Waals surface area contributed by atoms with Crippen molar-refractivity contribution >= 4 is 5.82 Å². The van der Waals surface area contributed by atoms with Crippen LogP contribution in [0.25, 0.3) is 0 Å². The number of nitrogens with one attached hydrogen (secondary N) is 1. The van der Waals surface area contributed by atoms with Gasteiger partial charge in [-0.25, -0.2) is 15.8 Å². The van der Waals surface area contributed by atoms with Crippen molar-refractivity contribution in [3.05, 3.63) is 17.6 Å². The minimum atomic E-state index is 0.00925. The second-order valence-electron chi connectivity index (χ2n) is 5.40. The van der Waals surface area contributed by atoms with Crippen molar-refractivity contribution in [2.45, 2.75) is 58.8 Å². The van der Waals surface area contributed by atoms with Crippen LogP contribution < -0.4 is 11.3 Å². The van der Waals surface area contributed by atoms with Crippen LogP contribution in [0.15, 0.2) is 6.07 Å². The smallest absolute Gasteiger partial charge is 0.143 e. The van der Waals surface area contributed by atoms with E-state index in [4.69, 9.17) is 5.84 Å². The first-order valence-corrected chi connectivity index (χ1v) is 6.28. The largest absolute Gasteiger partial charge is 0.308 e. The number of rotatable bonds is 4. The highest BCUT2D eigenvalue weighted by Crippen LogP contribution is 2.26. The van der Waals surface area contributed by atoms with Gasteiger partial charge in [0.1, 0.15) is 11.6 Å². The van der Waals surface area contributed by atoms with Crippen molar-refractivity contribution in [3.63, 3.8) is 0 Å². The summed E-state index contributed by atoms with van der Waals surface area (Å²) in [6, 6.07) is 1.92. The van der Waals surface area contributed by atoms with E-state index >= 15 is 0 Å². The third kappa shape index (κ3) is 3.40. The predicted molar refractivity (Wildman–Crippen MR) is 71.9 cm³/mol. The van der Waals surface area contributed by atoms with E-state index in [0.29, 0.717) is 11.7 Å². The number of nitrogens with two attached hydrogens (primary N) is 1. The number of hydrogen-bond acceptors (Lipinski definition) is 4. The van der Waals surface area contributed by atoms with Gasteiger partial charge in [-0.2, -0.15) is 0 Å². The van der Waals surface area contributed by atoms with Gasteiger partial charge in [-0.1, -0.05) is 34.6 Å². The van der Waals surface area contributed by atoms with E-state index in [-0.39, 0.29) is 5.41 Å². The Hall–Kier alpha value is -1.16. The second kappa shape index (κ2) is 5.45. The summed E-state index contributed by atoms with van der Waals surface area (Å²) >= 11 is 0. The van der Waals surface area contributed by atoms with E-state index in [1.54, 1.807) is 0 Å². The van der Waals surface area contributed by atoms with Gasteiger partial charge in [0, 0.05) is 17.4 Å². The monoisotopic (exact) mass is 236 g/mol. The molecule has 1 aromatic rings. The van der Waals surface area contributed by atoms with Gasteiger partial charge in [-0.3, -0.25) is 0 Å². The topological polar surface area (TPSA) is 63.8 Å². The highest BCUT2D eigenvalue weighted by atomic mass is 15.3. The molecule has 0 aromatic carbocycles. The molecule has 0 saturated carbocycles. The normalized spacial score (nSPS) is 11.9. The zero-order valence-corrected chi connectivity index (χ0v) is 11.5. The molecule has 1 aromatic heterocycles. The molecule has 0 aliphatic carbocycles. The van der Waals surface area contributed by atoms with E-state index in [2.05, 4.69) is 50.0 Å². The number of nitrogens with zero attached hydrogens (tertiary/aromatic N) is 2. The summed E-state index contributed by atoms with van der Waals surface area (Å²) in [5, 5.41) is 0. The van der Waals surface area contributed by atoms with Gasteiger partial charge in [-0.15, -0.1) is 0 Å². The fourth-order valence-electron chi connectivity index (χ4n) is 1.76. The van der Waals surface area contributed by atoms with Gasteiger partial charge in [0.2, 0.25) is 0 Å². The molecular formula is C13H24N4. The summed E-state index contributed by atoms with van der Waals surface area (Å²) in [6.07, 6.45) is 2.10. The maximum atomic E-state index is 5.47. The van der Waals surface area contributed by atoms with E-state index < -0.39 is 0 Å². The van der Waals surface area contributed by atoms with E-state index in [1.165, 1.54) is 0 Å². The van der Waals surface area contributed by atoms with E-state index in [9.17, 15) is 0 Å². The number of nitrogen functional groups attached to an aromatic ring is 1. The van der Waals surface area contributed by atoms with Crippen molar-refractivity contribution in [1.82, 2.24) is 9.97 Å². The van der Waals surface area contributed by atoms with Crippen LogP contribution in [0.5, 0.6) is 0 Å². The van der Waals surface area contributed by atoms with Gasteiger partial charge in [0.25, 0.3) is 0 Å². The van der Waals surface area contributed by atoms with Gasteiger partial charge >= 0.3 is 0 Å². The standard InChI is InChI=1S/C13H24N4/c1-6-9(7-2)12-15-10(13(3,4)5)8-11(16-12)17-14/h8-9H,6-7,14H2,1-5H3,(H,15,16,17). The zero-order valence-electron chi connectivity index (χ0n) is 11.5. The maximum Gasteiger partial charge on any atom is 0.143 e. The van der Waals surface area contributed by atoms with Crippen LogP contribution in [0.1, 0.15) is 64.9 Å². The Kier molecular flexibility index (Phi) is 4.46. The molecule has 4 heteroatoms. The molecule has 0 fully saturated rings. The lowest BCUT2D eigenvalue weighted by Crippen LogP contribution is -2.19. The molecule has 0 saturated heterocycles. The van der Waals surface area contributed by atoms with Crippen molar-refractivity contribution < 1.29 is 0 Å². The van der Waals surface area contributed by atoms with E-state index in [1.807, 2.05) is 6.07 Å². The maximum absolute atomic E-state index is 5.47. The van der Waals surface area contributed by atoms with Crippen LogP contribution >= 0.6 is 0 Å². The SMILES string of the molecule is CCC(CC)c1nc(NN)cc(C(C)(C)C)n1. The van der Waals surface area contributed by atoms with Crippen molar-refractivity contribution in [1.29, 1.82) is 0 Å². The Morgan fingerprint density at radius 1 is 1.24 bits per heavy atom. The molecule has 0 bridgehead atoms. The first kappa shape index (κ1) is 13.9. The lowest BCUT2D eigenvalue weighted by atomic mass is 9.91. The first-order valence-electron chi connectivity index (χ1n) is 6.28. The summed E-state index contributed by atoms with van der Waals surface area (Å²) in [7, 11) is 0. The Balaban J connectivity index is 3.22. The van der Waals surface area contributed by atoms with Gasteiger partial charge < -0.3 is 5.43 Å². The summed E-state index contributed by atoms with van der Waals surface area (Å²) < 4.78 is 0. The van der Waals surface area contributed by atoms with Gasteiger partial charge in [0.15, 0.2) is 0 Å². The third-order valence-electron chi connectivity index (χ3n) is 3.01. The van der Waals surface area contributed by atoms with Crippen LogP contribution in [0, 0.1) is 0 Å². The van der Waals surface area contributed by atoms with Crippen LogP contribution in [-0.4, -0.2) is 9.97 Å². The fraction of sp³-hybridized carbons (Fsp3) is 0.692. The highest BCUT2D eigenvalue weighted by molar-refractivity contribution is 5.37. The molecule has 0 spiro atoms. The summed E-state index contributed by atoms with van der Waals surface area (Å²) in [6.45, 7) is 10.8. The minimum absolute atomic E-state index is 0.00925. The van der Waals surface area contributed by atoms with Gasteiger partial charge in [0.05, 0.1) is 5.69 Å².